The summed E-state index contributed by atoms with van der Waals surface area (Å²) in [5, 5.41) is 14.1. The van der Waals surface area contributed by atoms with Crippen LogP contribution in [0, 0.1) is 10.1 Å². The minimum absolute atomic E-state index is 0.0820. The van der Waals surface area contributed by atoms with Crippen molar-refractivity contribution in [3.05, 3.63) is 64.2 Å². The predicted molar refractivity (Wildman–Crippen MR) is 103 cm³/mol. The summed E-state index contributed by atoms with van der Waals surface area (Å²) < 4.78 is 29.9. The maximum atomic E-state index is 13.5. The van der Waals surface area contributed by atoms with Crippen LogP contribution >= 0.6 is 7.60 Å². The van der Waals surface area contributed by atoms with Crippen molar-refractivity contribution in [2.45, 2.75) is 19.6 Å². The number of benzene rings is 2. The van der Waals surface area contributed by atoms with E-state index in [4.69, 9.17) is 13.8 Å². The van der Waals surface area contributed by atoms with Gasteiger partial charge in [0.1, 0.15) is 5.75 Å². The Labute approximate surface area is 158 Å². The van der Waals surface area contributed by atoms with Crippen molar-refractivity contribution >= 4 is 19.0 Å². The lowest BCUT2D eigenvalue weighted by molar-refractivity contribution is -0.384. The molecule has 9 heteroatoms. The SMILES string of the molecule is CCOP(=O)(OCC)C(Nc1cccc([N+](=O)[O-])c1)c1ccccc1OC. The molecule has 0 bridgehead atoms. The molecule has 2 aromatic carbocycles. The number of non-ortho nitro benzene ring substituents is 1. The first-order valence-corrected chi connectivity index (χ1v) is 10.1. The van der Waals surface area contributed by atoms with Crippen LogP contribution in [-0.2, 0) is 13.6 Å². The Kier molecular flexibility index (Phi) is 7.36. The van der Waals surface area contributed by atoms with E-state index in [1.807, 2.05) is 0 Å². The lowest BCUT2D eigenvalue weighted by Gasteiger charge is -2.29. The van der Waals surface area contributed by atoms with E-state index < -0.39 is 18.3 Å². The molecule has 0 aliphatic rings. The van der Waals surface area contributed by atoms with Crippen LogP contribution in [0.2, 0.25) is 0 Å². The molecule has 2 rings (SSSR count). The van der Waals surface area contributed by atoms with Gasteiger partial charge < -0.3 is 19.1 Å². The summed E-state index contributed by atoms with van der Waals surface area (Å²) in [6, 6.07) is 13.0. The van der Waals surface area contributed by atoms with E-state index in [1.165, 1.54) is 19.2 Å². The van der Waals surface area contributed by atoms with E-state index in [9.17, 15) is 14.7 Å². The molecule has 27 heavy (non-hydrogen) atoms. The van der Waals surface area contributed by atoms with Crippen molar-refractivity contribution in [2.75, 3.05) is 25.6 Å². The number of hydrogen-bond donors (Lipinski definition) is 1. The molecule has 1 atom stereocenters. The third kappa shape index (κ3) is 5.07. The van der Waals surface area contributed by atoms with Gasteiger partial charge in [0.2, 0.25) is 0 Å². The Hall–Kier alpha value is -2.41. The molecule has 0 fully saturated rings. The number of hydrogen-bond acceptors (Lipinski definition) is 7. The van der Waals surface area contributed by atoms with E-state index in [2.05, 4.69) is 5.32 Å². The molecule has 146 valence electrons. The van der Waals surface area contributed by atoms with Crippen molar-refractivity contribution < 1.29 is 23.3 Å². The zero-order valence-electron chi connectivity index (χ0n) is 15.5. The van der Waals surface area contributed by atoms with E-state index >= 15 is 0 Å². The van der Waals surface area contributed by atoms with Crippen LogP contribution in [0.4, 0.5) is 11.4 Å². The number of rotatable bonds is 10. The van der Waals surface area contributed by atoms with Gasteiger partial charge in [0.15, 0.2) is 5.78 Å². The highest BCUT2D eigenvalue weighted by Crippen LogP contribution is 2.62. The second-order valence-electron chi connectivity index (χ2n) is 5.47. The highest BCUT2D eigenvalue weighted by molar-refractivity contribution is 7.54. The summed E-state index contributed by atoms with van der Waals surface area (Å²) in [6.45, 7) is 3.80. The molecule has 0 radical (unpaired) electrons. The van der Waals surface area contributed by atoms with Gasteiger partial charge in [0.25, 0.3) is 5.69 Å². The van der Waals surface area contributed by atoms with E-state index in [0.29, 0.717) is 17.0 Å². The van der Waals surface area contributed by atoms with Crippen LogP contribution in [0.3, 0.4) is 0 Å². The van der Waals surface area contributed by atoms with Gasteiger partial charge in [-0.05, 0) is 26.0 Å². The van der Waals surface area contributed by atoms with Gasteiger partial charge in [0.05, 0.1) is 25.2 Å². The molecule has 0 amide bonds. The number of nitro groups is 1. The summed E-state index contributed by atoms with van der Waals surface area (Å²) >= 11 is 0. The van der Waals surface area contributed by atoms with Crippen LogP contribution in [0.5, 0.6) is 5.75 Å². The fourth-order valence-corrected chi connectivity index (χ4v) is 4.59. The highest BCUT2D eigenvalue weighted by Gasteiger charge is 2.38. The number of para-hydroxylation sites is 1. The van der Waals surface area contributed by atoms with Crippen LogP contribution in [-0.4, -0.2) is 25.2 Å². The molecular weight excluding hydrogens is 371 g/mol. The minimum atomic E-state index is -3.66. The van der Waals surface area contributed by atoms with Gasteiger partial charge in [0, 0.05) is 23.4 Å². The third-order valence-electron chi connectivity index (χ3n) is 3.73. The predicted octanol–water partition coefficient (Wildman–Crippen LogP) is 4.98. The Morgan fingerprint density at radius 2 is 1.78 bits per heavy atom. The molecule has 0 saturated carbocycles. The number of nitrogens with one attached hydrogen (secondary N) is 1. The first-order valence-electron chi connectivity index (χ1n) is 8.47. The zero-order valence-corrected chi connectivity index (χ0v) is 16.3. The first-order chi connectivity index (χ1) is 12.9. The quantitative estimate of drug-likeness (QED) is 0.344. The van der Waals surface area contributed by atoms with Gasteiger partial charge in [-0.25, -0.2) is 0 Å². The Morgan fingerprint density at radius 3 is 2.37 bits per heavy atom. The standard InChI is InChI=1S/C18H23N2O6P/c1-4-25-27(23,26-5-2)18(16-11-6-7-12-17(16)24-3)19-14-9-8-10-15(13-14)20(21)22/h6-13,18-19H,4-5H2,1-3H3. The molecule has 1 unspecified atom stereocenters. The van der Waals surface area contributed by atoms with Gasteiger partial charge in [-0.15, -0.1) is 0 Å². The fourth-order valence-electron chi connectivity index (χ4n) is 2.63. The first kappa shape index (κ1) is 20.9. The molecule has 1 N–H and O–H groups in total. The monoisotopic (exact) mass is 394 g/mol. The molecule has 0 aliphatic heterocycles. The van der Waals surface area contributed by atoms with Crippen LogP contribution in [0.1, 0.15) is 25.2 Å². The lowest BCUT2D eigenvalue weighted by Crippen LogP contribution is -2.16. The minimum Gasteiger partial charge on any atom is -0.496 e. The van der Waals surface area contributed by atoms with Crippen molar-refractivity contribution in [1.29, 1.82) is 0 Å². The molecule has 8 nitrogen and oxygen atoms in total. The smallest absolute Gasteiger partial charge is 0.357 e. The molecule has 2 aromatic rings. The zero-order chi connectivity index (χ0) is 19.9. The maximum absolute atomic E-state index is 13.5. The average Bonchev–Trinajstić information content (AvgIpc) is 2.66. The summed E-state index contributed by atoms with van der Waals surface area (Å²) in [6.07, 6.45) is 0. The van der Waals surface area contributed by atoms with Gasteiger partial charge >= 0.3 is 7.60 Å². The molecule has 0 aliphatic carbocycles. The molecule has 0 aromatic heterocycles. The van der Waals surface area contributed by atoms with Crippen molar-refractivity contribution in [2.24, 2.45) is 0 Å². The third-order valence-corrected chi connectivity index (χ3v) is 6.00. The lowest BCUT2D eigenvalue weighted by atomic mass is 10.2. The summed E-state index contributed by atoms with van der Waals surface area (Å²) in [5.41, 5.74) is 0.901. The molecular formula is C18H23N2O6P. The fraction of sp³-hybridized carbons (Fsp3) is 0.333. The molecule has 0 saturated heterocycles. The Balaban J connectivity index is 2.54. The second kappa shape index (κ2) is 9.50. The van der Waals surface area contributed by atoms with Crippen LogP contribution < -0.4 is 10.1 Å². The number of nitro benzene ring substituents is 1. The highest BCUT2D eigenvalue weighted by atomic mass is 31.2. The largest absolute Gasteiger partial charge is 0.496 e. The van der Waals surface area contributed by atoms with Gasteiger partial charge in [-0.1, -0.05) is 24.3 Å². The second-order valence-corrected chi connectivity index (χ2v) is 7.58. The van der Waals surface area contributed by atoms with Crippen molar-refractivity contribution in [1.82, 2.24) is 0 Å². The number of anilines is 1. The van der Waals surface area contributed by atoms with Crippen molar-refractivity contribution in [3.63, 3.8) is 0 Å². The number of methoxy groups -OCH3 is 1. The van der Waals surface area contributed by atoms with Crippen LogP contribution in [0.15, 0.2) is 48.5 Å². The summed E-state index contributed by atoms with van der Waals surface area (Å²) in [7, 11) is -2.15. The molecule has 0 spiro atoms. The number of nitrogens with zero attached hydrogens (tertiary/aromatic N) is 1. The topological polar surface area (TPSA) is 99.9 Å². The van der Waals surface area contributed by atoms with Gasteiger partial charge in [-0.3, -0.25) is 14.7 Å². The number of ether oxygens (including phenoxy) is 1. The maximum Gasteiger partial charge on any atom is 0.357 e. The Bertz CT molecular complexity index is 819. The van der Waals surface area contributed by atoms with Gasteiger partial charge in [-0.2, -0.15) is 0 Å². The van der Waals surface area contributed by atoms with Crippen molar-refractivity contribution in [3.8, 4) is 5.75 Å². The van der Waals surface area contributed by atoms with E-state index in [1.54, 1.807) is 50.2 Å². The van der Waals surface area contributed by atoms with E-state index in [0.717, 1.165) is 0 Å². The summed E-state index contributed by atoms with van der Waals surface area (Å²) in [4.78, 5) is 10.6. The normalized spacial score (nSPS) is 12.4. The van der Waals surface area contributed by atoms with Crippen LogP contribution in [0.25, 0.3) is 0 Å². The van der Waals surface area contributed by atoms with E-state index in [-0.39, 0.29) is 18.9 Å². The average molecular weight is 394 g/mol. The summed E-state index contributed by atoms with van der Waals surface area (Å²) in [5.74, 6) is -0.407. The molecule has 0 heterocycles. The Morgan fingerprint density at radius 1 is 1.11 bits per heavy atom.